The minimum Gasteiger partial charge on any atom is -0.376 e. The number of carbonyl (C=O) groups excluding carboxylic acids is 2. The van der Waals surface area contributed by atoms with E-state index in [0.717, 1.165) is 23.9 Å². The summed E-state index contributed by atoms with van der Waals surface area (Å²) >= 11 is 9.43. The molecule has 0 aliphatic carbocycles. The SMILES string of the molecule is O=C(Nc1ccccc1C(=O)NCC1CCCO1)c1cc(Br)ccc1Cl. The fourth-order valence-corrected chi connectivity index (χ4v) is 3.32. The summed E-state index contributed by atoms with van der Waals surface area (Å²) < 4.78 is 6.26. The van der Waals surface area contributed by atoms with Crippen LogP contribution in [0.2, 0.25) is 5.02 Å². The first-order valence-electron chi connectivity index (χ1n) is 8.30. The molecule has 5 nitrogen and oxygen atoms in total. The highest BCUT2D eigenvalue weighted by Gasteiger charge is 2.19. The Morgan fingerprint density at radius 1 is 1.15 bits per heavy atom. The van der Waals surface area contributed by atoms with Crippen molar-refractivity contribution in [2.45, 2.75) is 18.9 Å². The first kappa shape index (κ1) is 18.9. The summed E-state index contributed by atoms with van der Waals surface area (Å²) in [6.07, 6.45) is 2.02. The average Bonchev–Trinajstić information content (AvgIpc) is 3.15. The van der Waals surface area contributed by atoms with E-state index in [0.29, 0.717) is 28.4 Å². The predicted octanol–water partition coefficient (Wildman–Crippen LogP) is 4.26. The number of ether oxygens (including phenoxy) is 1. The minimum absolute atomic E-state index is 0.0566. The Morgan fingerprint density at radius 3 is 2.73 bits per heavy atom. The van der Waals surface area contributed by atoms with Gasteiger partial charge < -0.3 is 15.4 Å². The molecule has 26 heavy (non-hydrogen) atoms. The number of rotatable bonds is 5. The quantitative estimate of drug-likeness (QED) is 0.734. The molecule has 2 aromatic carbocycles. The molecule has 0 aromatic heterocycles. The van der Waals surface area contributed by atoms with Crippen molar-refractivity contribution in [3.05, 3.63) is 63.1 Å². The van der Waals surface area contributed by atoms with Gasteiger partial charge in [-0.15, -0.1) is 0 Å². The van der Waals surface area contributed by atoms with Gasteiger partial charge in [-0.3, -0.25) is 9.59 Å². The van der Waals surface area contributed by atoms with Crippen LogP contribution in [0.25, 0.3) is 0 Å². The molecule has 1 fully saturated rings. The van der Waals surface area contributed by atoms with E-state index in [1.54, 1.807) is 42.5 Å². The molecule has 1 unspecified atom stereocenters. The van der Waals surface area contributed by atoms with Crippen molar-refractivity contribution < 1.29 is 14.3 Å². The third-order valence-electron chi connectivity index (χ3n) is 4.11. The van der Waals surface area contributed by atoms with Gasteiger partial charge in [-0.05, 0) is 43.2 Å². The summed E-state index contributed by atoms with van der Waals surface area (Å²) in [5, 5.41) is 5.97. The smallest absolute Gasteiger partial charge is 0.257 e. The first-order chi connectivity index (χ1) is 12.5. The summed E-state index contributed by atoms with van der Waals surface area (Å²) in [6.45, 7) is 1.19. The lowest BCUT2D eigenvalue weighted by Gasteiger charge is -2.14. The number of nitrogens with one attached hydrogen (secondary N) is 2. The maximum atomic E-state index is 12.6. The van der Waals surface area contributed by atoms with Crippen LogP contribution in [-0.2, 0) is 4.74 Å². The average molecular weight is 438 g/mol. The standard InChI is InChI=1S/C19H18BrClN2O3/c20-12-7-8-16(21)15(10-12)19(25)23-17-6-2-1-5-14(17)18(24)22-11-13-4-3-9-26-13/h1-2,5-8,10,13H,3-4,9,11H2,(H,22,24)(H,23,25). The number of carbonyl (C=O) groups is 2. The van der Waals surface area contributed by atoms with Crippen LogP contribution < -0.4 is 10.6 Å². The van der Waals surface area contributed by atoms with Crippen molar-refractivity contribution in [3.8, 4) is 0 Å². The van der Waals surface area contributed by atoms with Crippen LogP contribution in [0.1, 0.15) is 33.6 Å². The second kappa shape index (κ2) is 8.66. The third-order valence-corrected chi connectivity index (χ3v) is 4.93. The molecule has 7 heteroatoms. The van der Waals surface area contributed by atoms with Crippen molar-refractivity contribution in [1.29, 1.82) is 0 Å². The Morgan fingerprint density at radius 2 is 1.96 bits per heavy atom. The van der Waals surface area contributed by atoms with Crippen LogP contribution in [0.15, 0.2) is 46.9 Å². The van der Waals surface area contributed by atoms with Crippen molar-refractivity contribution in [1.82, 2.24) is 5.32 Å². The molecule has 1 aliphatic rings. The molecular formula is C19H18BrClN2O3. The number of benzene rings is 2. The number of halogens is 2. The summed E-state index contributed by atoms with van der Waals surface area (Å²) in [7, 11) is 0. The van der Waals surface area contributed by atoms with Gasteiger partial charge in [0.05, 0.1) is 27.9 Å². The third kappa shape index (κ3) is 4.63. The van der Waals surface area contributed by atoms with Crippen molar-refractivity contribution in [3.63, 3.8) is 0 Å². The van der Waals surface area contributed by atoms with Crippen molar-refractivity contribution in [2.75, 3.05) is 18.5 Å². The lowest BCUT2D eigenvalue weighted by molar-refractivity contribution is 0.0858. The summed E-state index contributed by atoms with van der Waals surface area (Å²) in [6, 6.07) is 11.9. The van der Waals surface area contributed by atoms with Crippen LogP contribution in [0, 0.1) is 0 Å². The van der Waals surface area contributed by atoms with Crippen LogP contribution in [-0.4, -0.2) is 31.1 Å². The van der Waals surface area contributed by atoms with Crippen LogP contribution in [0.4, 0.5) is 5.69 Å². The number of hydrogen-bond acceptors (Lipinski definition) is 3. The van der Waals surface area contributed by atoms with E-state index in [9.17, 15) is 9.59 Å². The van der Waals surface area contributed by atoms with Crippen LogP contribution >= 0.6 is 27.5 Å². The molecule has 2 amide bonds. The molecule has 0 bridgehead atoms. The topological polar surface area (TPSA) is 67.4 Å². The van der Waals surface area contributed by atoms with E-state index in [4.69, 9.17) is 16.3 Å². The molecular weight excluding hydrogens is 420 g/mol. The maximum Gasteiger partial charge on any atom is 0.257 e. The molecule has 0 saturated carbocycles. The Kier molecular flexibility index (Phi) is 6.29. The zero-order valence-electron chi connectivity index (χ0n) is 13.9. The largest absolute Gasteiger partial charge is 0.376 e. The number of amides is 2. The highest BCUT2D eigenvalue weighted by Crippen LogP contribution is 2.23. The normalized spacial score (nSPS) is 16.3. The molecule has 0 radical (unpaired) electrons. The van der Waals surface area contributed by atoms with Gasteiger partial charge >= 0.3 is 0 Å². The van der Waals surface area contributed by atoms with E-state index < -0.39 is 0 Å². The molecule has 0 spiro atoms. The minimum atomic E-state index is -0.379. The Hall–Kier alpha value is -1.89. The number of anilines is 1. The first-order valence-corrected chi connectivity index (χ1v) is 9.47. The Bertz CT molecular complexity index is 822. The fourth-order valence-electron chi connectivity index (χ4n) is 2.76. The molecule has 1 atom stereocenters. The zero-order chi connectivity index (χ0) is 18.5. The highest BCUT2D eigenvalue weighted by molar-refractivity contribution is 9.10. The molecule has 1 aliphatic heterocycles. The van der Waals surface area contributed by atoms with E-state index in [2.05, 4.69) is 26.6 Å². The van der Waals surface area contributed by atoms with Gasteiger partial charge in [0.2, 0.25) is 0 Å². The zero-order valence-corrected chi connectivity index (χ0v) is 16.3. The number of hydrogen-bond donors (Lipinski definition) is 2. The van der Waals surface area contributed by atoms with Gasteiger partial charge in [0.25, 0.3) is 11.8 Å². The summed E-state index contributed by atoms with van der Waals surface area (Å²) in [5.41, 5.74) is 1.15. The Labute approximate surface area is 165 Å². The lowest BCUT2D eigenvalue weighted by atomic mass is 10.1. The molecule has 136 valence electrons. The van der Waals surface area contributed by atoms with Gasteiger partial charge in [0.15, 0.2) is 0 Å². The molecule has 2 aromatic rings. The second-order valence-electron chi connectivity index (χ2n) is 5.97. The molecule has 1 heterocycles. The van der Waals surface area contributed by atoms with Crippen molar-refractivity contribution >= 4 is 45.0 Å². The van der Waals surface area contributed by atoms with E-state index in [-0.39, 0.29) is 17.9 Å². The summed E-state index contributed by atoms with van der Waals surface area (Å²) in [4.78, 5) is 25.1. The molecule has 3 rings (SSSR count). The monoisotopic (exact) mass is 436 g/mol. The maximum absolute atomic E-state index is 12.6. The Balaban J connectivity index is 1.73. The highest BCUT2D eigenvalue weighted by atomic mass is 79.9. The summed E-state index contributed by atoms with van der Waals surface area (Å²) in [5.74, 6) is -0.632. The van der Waals surface area contributed by atoms with Gasteiger partial charge in [0, 0.05) is 17.6 Å². The fraction of sp³-hybridized carbons (Fsp3) is 0.263. The van der Waals surface area contributed by atoms with Gasteiger partial charge in [-0.25, -0.2) is 0 Å². The van der Waals surface area contributed by atoms with Gasteiger partial charge in [-0.1, -0.05) is 39.7 Å². The van der Waals surface area contributed by atoms with Gasteiger partial charge in [-0.2, -0.15) is 0 Å². The van der Waals surface area contributed by atoms with Gasteiger partial charge in [0.1, 0.15) is 0 Å². The van der Waals surface area contributed by atoms with E-state index >= 15 is 0 Å². The number of para-hydroxylation sites is 1. The molecule has 2 N–H and O–H groups in total. The van der Waals surface area contributed by atoms with E-state index in [1.165, 1.54) is 0 Å². The predicted molar refractivity (Wildman–Crippen MR) is 105 cm³/mol. The molecule has 1 saturated heterocycles. The van der Waals surface area contributed by atoms with Crippen LogP contribution in [0.3, 0.4) is 0 Å². The van der Waals surface area contributed by atoms with Crippen LogP contribution in [0.5, 0.6) is 0 Å². The van der Waals surface area contributed by atoms with Crippen molar-refractivity contribution in [2.24, 2.45) is 0 Å². The second-order valence-corrected chi connectivity index (χ2v) is 7.29. The lowest BCUT2D eigenvalue weighted by Crippen LogP contribution is -2.32. The van der Waals surface area contributed by atoms with E-state index in [1.807, 2.05) is 0 Å².